The van der Waals surface area contributed by atoms with E-state index in [2.05, 4.69) is 0 Å². The largest absolute Gasteiger partial charge is 0.456 e. The minimum Gasteiger partial charge on any atom is -0.456 e. The molecule has 0 fully saturated rings. The molecule has 0 radical (unpaired) electrons. The number of cyclic esters (lactones) is 5. The first-order valence-electron chi connectivity index (χ1n) is 12.5. The van der Waals surface area contributed by atoms with E-state index in [1.165, 1.54) is 12.2 Å². The molecule has 11 heteroatoms. The van der Waals surface area contributed by atoms with Crippen molar-refractivity contribution in [3.63, 3.8) is 0 Å². The van der Waals surface area contributed by atoms with Crippen molar-refractivity contribution in [1.29, 1.82) is 0 Å². The van der Waals surface area contributed by atoms with E-state index in [1.807, 2.05) is 6.92 Å². The second-order valence-electron chi connectivity index (χ2n) is 9.80. The topological polar surface area (TPSA) is 174 Å². The molecule has 37 heavy (non-hydrogen) atoms. The molecule has 0 saturated carbocycles. The quantitative estimate of drug-likeness (QED) is 0.179. The van der Waals surface area contributed by atoms with Crippen LogP contribution in [0.25, 0.3) is 0 Å². The SMILES string of the molecule is CCCCCC[C@H](O)[C@@H]1C2=C(C[C@H]([C@@H](O)[C@@H]3CC=CC(=O)O3)CC3=C(C(=O)OC3=O)[C@H]1O)C(=O)OC2=O. The van der Waals surface area contributed by atoms with Crippen LogP contribution < -0.4 is 0 Å². The number of hydrogen-bond acceptors (Lipinski definition) is 11. The fraction of sp³-hybridized carbons (Fsp3) is 0.577. The van der Waals surface area contributed by atoms with E-state index < -0.39 is 71.7 Å². The maximum absolute atomic E-state index is 12.8. The normalized spacial score (nSPS) is 29.7. The minimum atomic E-state index is -1.84. The molecule has 4 rings (SSSR count). The molecular weight excluding hydrogens is 488 g/mol. The summed E-state index contributed by atoms with van der Waals surface area (Å²) >= 11 is 0. The summed E-state index contributed by atoms with van der Waals surface area (Å²) in [5.74, 6) is -7.33. The molecule has 0 aromatic carbocycles. The Kier molecular flexibility index (Phi) is 8.05. The van der Waals surface area contributed by atoms with Crippen LogP contribution in [-0.2, 0) is 38.2 Å². The van der Waals surface area contributed by atoms with Crippen molar-refractivity contribution in [2.75, 3.05) is 0 Å². The lowest BCUT2D eigenvalue weighted by Gasteiger charge is -2.30. The molecule has 0 saturated heterocycles. The van der Waals surface area contributed by atoms with Gasteiger partial charge in [0.1, 0.15) is 6.10 Å². The van der Waals surface area contributed by atoms with Crippen molar-refractivity contribution in [3.8, 4) is 0 Å². The molecule has 0 aromatic rings. The van der Waals surface area contributed by atoms with E-state index in [1.54, 1.807) is 0 Å². The van der Waals surface area contributed by atoms with Crippen LogP contribution >= 0.6 is 0 Å². The molecular formula is C26H30O11. The molecule has 0 spiro atoms. The molecule has 3 aliphatic heterocycles. The molecule has 3 heterocycles. The van der Waals surface area contributed by atoms with Crippen molar-refractivity contribution in [3.05, 3.63) is 34.4 Å². The molecule has 0 bridgehead atoms. The summed E-state index contributed by atoms with van der Waals surface area (Å²) in [6.45, 7) is 2.02. The summed E-state index contributed by atoms with van der Waals surface area (Å²) in [5.41, 5.74) is -1.10. The van der Waals surface area contributed by atoms with Gasteiger partial charge in [-0.1, -0.05) is 38.7 Å². The number of unbranched alkanes of at least 4 members (excludes halogenated alkanes) is 3. The third kappa shape index (κ3) is 5.29. The maximum Gasteiger partial charge on any atom is 0.345 e. The first-order valence-corrected chi connectivity index (χ1v) is 12.5. The first kappa shape index (κ1) is 26.9. The number of rotatable bonds is 8. The van der Waals surface area contributed by atoms with Gasteiger partial charge < -0.3 is 29.5 Å². The maximum atomic E-state index is 12.8. The van der Waals surface area contributed by atoms with Crippen molar-refractivity contribution >= 4 is 29.8 Å². The average molecular weight is 519 g/mol. The van der Waals surface area contributed by atoms with Gasteiger partial charge in [-0.3, -0.25) is 0 Å². The molecule has 1 aliphatic carbocycles. The molecule has 6 atom stereocenters. The smallest absolute Gasteiger partial charge is 0.345 e. The molecule has 0 unspecified atom stereocenters. The van der Waals surface area contributed by atoms with Gasteiger partial charge in [-0.25, -0.2) is 24.0 Å². The third-order valence-corrected chi connectivity index (χ3v) is 7.38. The zero-order chi connectivity index (χ0) is 26.9. The molecule has 0 amide bonds. The van der Waals surface area contributed by atoms with Crippen LogP contribution in [0.15, 0.2) is 34.4 Å². The van der Waals surface area contributed by atoms with Crippen LogP contribution in [0.2, 0.25) is 0 Å². The zero-order valence-electron chi connectivity index (χ0n) is 20.4. The number of ether oxygens (including phenoxy) is 3. The number of aliphatic hydroxyl groups is 3. The van der Waals surface area contributed by atoms with E-state index in [0.29, 0.717) is 6.42 Å². The summed E-state index contributed by atoms with van der Waals surface area (Å²) < 4.78 is 14.8. The Morgan fingerprint density at radius 2 is 1.51 bits per heavy atom. The number of hydrogen-bond donors (Lipinski definition) is 3. The summed E-state index contributed by atoms with van der Waals surface area (Å²) in [6.07, 6.45) is 0.0132. The van der Waals surface area contributed by atoms with Gasteiger partial charge in [-0.15, -0.1) is 0 Å². The van der Waals surface area contributed by atoms with Gasteiger partial charge in [-0.05, 0) is 25.2 Å². The Morgan fingerprint density at radius 1 is 0.892 bits per heavy atom. The third-order valence-electron chi connectivity index (χ3n) is 7.38. The van der Waals surface area contributed by atoms with Gasteiger partial charge in [-0.2, -0.15) is 0 Å². The Bertz CT molecular complexity index is 1100. The zero-order valence-corrected chi connectivity index (χ0v) is 20.4. The van der Waals surface area contributed by atoms with Gasteiger partial charge >= 0.3 is 29.8 Å². The highest BCUT2D eigenvalue weighted by atomic mass is 16.6. The predicted molar refractivity (Wildman–Crippen MR) is 123 cm³/mol. The molecule has 4 aliphatic rings. The van der Waals surface area contributed by atoms with Crippen LogP contribution in [0.3, 0.4) is 0 Å². The Morgan fingerprint density at radius 3 is 2.14 bits per heavy atom. The molecule has 0 aromatic heterocycles. The molecule has 200 valence electrons. The number of carbonyl (C=O) groups excluding carboxylic acids is 5. The average Bonchev–Trinajstić information content (AvgIpc) is 3.30. The standard InChI is InChI=1S/C26H30O11/c1-2-3-4-5-7-15(27)20-18-13(23(31)36-25(18)33)10-12(21(29)16-8-6-9-17(28)35-16)11-14-19(22(20)30)26(34)37-24(14)32/h6,9,12,15-16,20-22,27,29-30H,2-5,7-8,10-11H2,1H3/t12-,15-,16-,20+,21+,22+/m0/s1. The summed E-state index contributed by atoms with van der Waals surface area (Å²) in [5, 5.41) is 33.6. The number of carbonyl (C=O) groups is 5. The van der Waals surface area contributed by atoms with Gasteiger partial charge in [0.2, 0.25) is 0 Å². The van der Waals surface area contributed by atoms with Gasteiger partial charge in [0.05, 0.1) is 35.0 Å². The first-order chi connectivity index (χ1) is 17.6. The monoisotopic (exact) mass is 518 g/mol. The van der Waals surface area contributed by atoms with Crippen LogP contribution in [0.1, 0.15) is 58.3 Å². The van der Waals surface area contributed by atoms with Crippen LogP contribution in [-0.4, -0.2) is 69.6 Å². The predicted octanol–water partition coefficient (Wildman–Crippen LogP) is 0.697. The lowest BCUT2D eigenvalue weighted by molar-refractivity contribution is -0.154. The van der Waals surface area contributed by atoms with E-state index in [9.17, 15) is 39.3 Å². The van der Waals surface area contributed by atoms with Crippen molar-refractivity contribution in [2.45, 2.75) is 82.7 Å². The minimum absolute atomic E-state index is 0.155. The van der Waals surface area contributed by atoms with Crippen molar-refractivity contribution < 1.29 is 53.5 Å². The van der Waals surface area contributed by atoms with E-state index in [0.717, 1.165) is 19.3 Å². The summed E-state index contributed by atoms with van der Waals surface area (Å²) in [6, 6.07) is 0. The van der Waals surface area contributed by atoms with E-state index >= 15 is 0 Å². The fourth-order valence-electron chi connectivity index (χ4n) is 5.48. The highest BCUT2D eigenvalue weighted by molar-refractivity contribution is 6.15. The number of aliphatic hydroxyl groups excluding tert-OH is 3. The van der Waals surface area contributed by atoms with E-state index in [4.69, 9.17) is 14.2 Å². The summed E-state index contributed by atoms with van der Waals surface area (Å²) in [7, 11) is 0. The lowest BCUT2D eigenvalue weighted by Crippen LogP contribution is -2.39. The van der Waals surface area contributed by atoms with Crippen molar-refractivity contribution in [2.24, 2.45) is 11.8 Å². The Labute approximate surface area is 212 Å². The van der Waals surface area contributed by atoms with Gasteiger partial charge in [0, 0.05) is 24.0 Å². The van der Waals surface area contributed by atoms with Gasteiger partial charge in [0.15, 0.2) is 0 Å². The van der Waals surface area contributed by atoms with Gasteiger partial charge in [0.25, 0.3) is 0 Å². The van der Waals surface area contributed by atoms with E-state index in [-0.39, 0.29) is 42.4 Å². The second kappa shape index (κ2) is 11.1. The fourth-order valence-corrected chi connectivity index (χ4v) is 5.48. The molecule has 11 nitrogen and oxygen atoms in total. The van der Waals surface area contributed by atoms with Crippen LogP contribution in [0, 0.1) is 11.8 Å². The second-order valence-corrected chi connectivity index (χ2v) is 9.80. The molecule has 3 N–H and O–H groups in total. The summed E-state index contributed by atoms with van der Waals surface area (Å²) in [4.78, 5) is 62.6. The van der Waals surface area contributed by atoms with Crippen molar-refractivity contribution in [1.82, 2.24) is 0 Å². The highest BCUT2D eigenvalue weighted by Gasteiger charge is 2.51. The number of esters is 5. The Hall–Kier alpha value is -3.15. The van der Waals surface area contributed by atoms with Crippen LogP contribution in [0.4, 0.5) is 0 Å². The Balaban J connectivity index is 1.78. The lowest BCUT2D eigenvalue weighted by atomic mass is 9.80. The highest BCUT2D eigenvalue weighted by Crippen LogP contribution is 2.43. The van der Waals surface area contributed by atoms with Crippen LogP contribution in [0.5, 0.6) is 0 Å².